The number of rotatable bonds is 7. The van der Waals surface area contributed by atoms with Crippen LogP contribution in [-0.4, -0.2) is 21.5 Å². The third-order valence-electron chi connectivity index (χ3n) is 5.04. The Kier molecular flexibility index (Phi) is 5.41. The number of H-pyrrole nitrogens is 1. The van der Waals surface area contributed by atoms with Crippen LogP contribution >= 0.6 is 0 Å². The van der Waals surface area contributed by atoms with Crippen molar-refractivity contribution in [3.8, 4) is 22.8 Å². The second-order valence-corrected chi connectivity index (χ2v) is 7.28. The minimum absolute atomic E-state index is 0.535. The summed E-state index contributed by atoms with van der Waals surface area (Å²) in [6.45, 7) is 2.88. The van der Waals surface area contributed by atoms with Gasteiger partial charge in [0.25, 0.3) is 0 Å². The Hall–Kier alpha value is -4.32. The average Bonchev–Trinajstić information content (AvgIpc) is 3.23. The van der Waals surface area contributed by atoms with Gasteiger partial charge in [0.1, 0.15) is 17.1 Å². The molecule has 0 fully saturated rings. The molecular weight excluding hydrogens is 398 g/mol. The van der Waals surface area contributed by atoms with Gasteiger partial charge in [-0.1, -0.05) is 36.4 Å². The number of anilines is 3. The molecule has 0 saturated heterocycles. The molecule has 6 heteroatoms. The second kappa shape index (κ2) is 8.81. The highest BCUT2D eigenvalue weighted by Crippen LogP contribution is 2.34. The Morgan fingerprint density at radius 2 is 1.50 bits per heavy atom. The lowest BCUT2D eigenvalue weighted by molar-refractivity contribution is 0.483. The van der Waals surface area contributed by atoms with E-state index in [0.717, 1.165) is 51.7 Å². The topological polar surface area (TPSA) is 74.9 Å². The van der Waals surface area contributed by atoms with Crippen molar-refractivity contribution in [3.63, 3.8) is 0 Å². The van der Waals surface area contributed by atoms with Crippen molar-refractivity contribution in [1.82, 2.24) is 15.0 Å². The number of para-hydroxylation sites is 2. The Balaban J connectivity index is 1.54. The van der Waals surface area contributed by atoms with Crippen molar-refractivity contribution in [3.05, 3.63) is 91.1 Å². The summed E-state index contributed by atoms with van der Waals surface area (Å²) in [4.78, 5) is 12.8. The highest BCUT2D eigenvalue weighted by Gasteiger charge is 2.15. The van der Waals surface area contributed by atoms with Gasteiger partial charge in [-0.15, -0.1) is 0 Å². The minimum atomic E-state index is 0.535. The van der Waals surface area contributed by atoms with Crippen molar-refractivity contribution >= 4 is 28.4 Å². The van der Waals surface area contributed by atoms with Gasteiger partial charge in [0, 0.05) is 24.0 Å². The minimum Gasteiger partial charge on any atom is -0.457 e. The zero-order valence-corrected chi connectivity index (χ0v) is 17.7. The van der Waals surface area contributed by atoms with Crippen LogP contribution in [-0.2, 0) is 0 Å². The van der Waals surface area contributed by atoms with Crippen molar-refractivity contribution in [1.29, 1.82) is 0 Å². The number of aromatic nitrogens is 3. The van der Waals surface area contributed by atoms with Gasteiger partial charge in [-0.05, 0) is 55.5 Å². The van der Waals surface area contributed by atoms with Crippen LogP contribution < -0.4 is 15.4 Å². The van der Waals surface area contributed by atoms with Crippen LogP contribution in [0.5, 0.6) is 11.5 Å². The number of nitrogens with one attached hydrogen (secondary N) is 3. The van der Waals surface area contributed by atoms with E-state index in [-0.39, 0.29) is 0 Å². The molecule has 0 bridgehead atoms. The van der Waals surface area contributed by atoms with E-state index in [2.05, 4.69) is 22.5 Å². The number of hydrogen-bond donors (Lipinski definition) is 3. The van der Waals surface area contributed by atoms with E-state index in [4.69, 9.17) is 14.7 Å². The van der Waals surface area contributed by atoms with Gasteiger partial charge < -0.3 is 20.4 Å². The molecule has 0 saturated carbocycles. The summed E-state index contributed by atoms with van der Waals surface area (Å²) in [5, 5.41) is 7.66. The van der Waals surface area contributed by atoms with Crippen LogP contribution in [0.2, 0.25) is 0 Å². The van der Waals surface area contributed by atoms with E-state index >= 15 is 0 Å². The Bertz CT molecular complexity index is 1320. The van der Waals surface area contributed by atoms with E-state index in [0.29, 0.717) is 5.95 Å². The molecule has 2 aromatic heterocycles. The molecule has 0 aliphatic heterocycles. The highest BCUT2D eigenvalue weighted by atomic mass is 16.5. The first-order valence-electron chi connectivity index (χ1n) is 10.6. The molecule has 0 amide bonds. The molecule has 6 nitrogen and oxygen atoms in total. The first kappa shape index (κ1) is 19.6. The number of hydrogen-bond acceptors (Lipinski definition) is 5. The van der Waals surface area contributed by atoms with Gasteiger partial charge in [0.05, 0.1) is 16.8 Å². The van der Waals surface area contributed by atoms with Crippen LogP contribution in [0.1, 0.15) is 6.92 Å². The van der Waals surface area contributed by atoms with E-state index in [1.54, 1.807) is 0 Å². The number of benzene rings is 3. The molecule has 158 valence electrons. The van der Waals surface area contributed by atoms with Crippen LogP contribution in [0.15, 0.2) is 91.1 Å². The summed E-state index contributed by atoms with van der Waals surface area (Å²) in [7, 11) is 0. The zero-order valence-electron chi connectivity index (χ0n) is 17.7. The standard InChI is InChI=1S/C26H23N5O/c1-2-27-22-17-28-25-23(22)24(30-26(31-25)29-19-9-5-3-6-10-19)18-13-15-21(16-14-18)32-20-11-7-4-8-12-20/h3-17,27H,2H2,1H3,(H2,28,29,30,31). The monoisotopic (exact) mass is 421 g/mol. The number of fused-ring (bicyclic) bond motifs is 1. The van der Waals surface area contributed by atoms with Gasteiger partial charge in [0.2, 0.25) is 5.95 Å². The zero-order chi connectivity index (χ0) is 21.8. The SMILES string of the molecule is CCNc1c[nH]c2nc(Nc3ccccc3)nc(-c3ccc(Oc4ccccc4)cc3)c12. The molecule has 0 aliphatic carbocycles. The van der Waals surface area contributed by atoms with Gasteiger partial charge in [0.15, 0.2) is 0 Å². The fraction of sp³-hybridized carbons (Fsp3) is 0.0769. The largest absolute Gasteiger partial charge is 0.457 e. The number of aromatic amines is 1. The molecule has 5 rings (SSSR count). The molecule has 0 unspecified atom stereocenters. The van der Waals surface area contributed by atoms with Crippen LogP contribution in [0.25, 0.3) is 22.3 Å². The average molecular weight is 422 g/mol. The summed E-state index contributed by atoms with van der Waals surface area (Å²) < 4.78 is 5.94. The fourth-order valence-electron chi connectivity index (χ4n) is 3.58. The molecule has 0 radical (unpaired) electrons. The normalized spacial score (nSPS) is 10.8. The van der Waals surface area contributed by atoms with E-state index in [1.165, 1.54) is 0 Å². The summed E-state index contributed by atoms with van der Waals surface area (Å²) in [5.74, 6) is 2.11. The first-order chi connectivity index (χ1) is 15.8. The van der Waals surface area contributed by atoms with Gasteiger partial charge in [-0.2, -0.15) is 4.98 Å². The Labute approximate surface area is 186 Å². The number of nitrogens with zero attached hydrogens (tertiary/aromatic N) is 2. The second-order valence-electron chi connectivity index (χ2n) is 7.28. The number of ether oxygens (including phenoxy) is 1. The smallest absolute Gasteiger partial charge is 0.229 e. The summed E-state index contributed by atoms with van der Waals surface area (Å²) >= 11 is 0. The van der Waals surface area contributed by atoms with Crippen LogP contribution in [0.3, 0.4) is 0 Å². The lowest BCUT2D eigenvalue weighted by atomic mass is 10.1. The lowest BCUT2D eigenvalue weighted by Gasteiger charge is -2.11. The van der Waals surface area contributed by atoms with Crippen LogP contribution in [0.4, 0.5) is 17.3 Å². The van der Waals surface area contributed by atoms with Crippen molar-refractivity contribution in [2.45, 2.75) is 6.92 Å². The predicted molar refractivity (Wildman–Crippen MR) is 130 cm³/mol. The maximum Gasteiger partial charge on any atom is 0.229 e. The van der Waals surface area contributed by atoms with Crippen LogP contribution in [0, 0.1) is 0 Å². The van der Waals surface area contributed by atoms with Gasteiger partial charge in [-0.25, -0.2) is 4.98 Å². The predicted octanol–water partition coefficient (Wildman–Crippen LogP) is 6.59. The third kappa shape index (κ3) is 4.11. The maximum atomic E-state index is 5.94. The molecular formula is C26H23N5O. The molecule has 0 aliphatic rings. The highest BCUT2D eigenvalue weighted by molar-refractivity contribution is 6.01. The molecule has 0 atom stereocenters. The van der Waals surface area contributed by atoms with Crippen molar-refractivity contribution in [2.75, 3.05) is 17.2 Å². The third-order valence-corrected chi connectivity index (χ3v) is 5.04. The lowest BCUT2D eigenvalue weighted by Crippen LogP contribution is -2.01. The van der Waals surface area contributed by atoms with E-state index in [9.17, 15) is 0 Å². The van der Waals surface area contributed by atoms with Gasteiger partial charge in [-0.3, -0.25) is 0 Å². The maximum absolute atomic E-state index is 5.94. The Morgan fingerprint density at radius 1 is 0.812 bits per heavy atom. The molecule has 3 N–H and O–H groups in total. The summed E-state index contributed by atoms with van der Waals surface area (Å²) in [6, 6.07) is 27.6. The first-order valence-corrected chi connectivity index (χ1v) is 10.6. The van der Waals surface area contributed by atoms with Crippen molar-refractivity contribution in [2.24, 2.45) is 0 Å². The molecule has 0 spiro atoms. The van der Waals surface area contributed by atoms with E-state index in [1.807, 2.05) is 91.1 Å². The molecule has 3 aromatic carbocycles. The quantitative estimate of drug-likeness (QED) is 0.276. The Morgan fingerprint density at radius 3 is 2.22 bits per heavy atom. The molecule has 2 heterocycles. The summed E-state index contributed by atoms with van der Waals surface area (Å²) in [6.07, 6.45) is 1.94. The molecule has 32 heavy (non-hydrogen) atoms. The summed E-state index contributed by atoms with van der Waals surface area (Å²) in [5.41, 5.74) is 4.51. The fourth-order valence-corrected chi connectivity index (χ4v) is 3.58. The van der Waals surface area contributed by atoms with E-state index < -0.39 is 0 Å². The molecule has 5 aromatic rings. The van der Waals surface area contributed by atoms with Crippen molar-refractivity contribution < 1.29 is 4.74 Å². The van der Waals surface area contributed by atoms with Gasteiger partial charge >= 0.3 is 0 Å².